The molecule has 0 spiro atoms. The number of hydrogen-bond donors (Lipinski definition) is 2. The zero-order valence-corrected chi connectivity index (χ0v) is 12.1. The number of nitrogens with one attached hydrogen (secondary N) is 1. The highest BCUT2D eigenvalue weighted by Gasteiger charge is 2.18. The minimum absolute atomic E-state index is 0.200. The fraction of sp³-hybridized carbons (Fsp3) is 0.0769. The smallest absolute Gasteiger partial charge is 0.265 e. The summed E-state index contributed by atoms with van der Waals surface area (Å²) in [7, 11) is -2.45. The molecule has 2 rings (SSSR count). The van der Waals surface area contributed by atoms with Crippen molar-refractivity contribution < 1.29 is 18.3 Å². The predicted molar refractivity (Wildman–Crippen MR) is 76.9 cm³/mol. The topological polar surface area (TPSA) is 75.6 Å². The first-order valence-electron chi connectivity index (χ1n) is 5.58. The molecule has 2 N–H and O–H groups in total. The van der Waals surface area contributed by atoms with Gasteiger partial charge >= 0.3 is 0 Å². The van der Waals surface area contributed by atoms with Gasteiger partial charge in [0.1, 0.15) is 16.4 Å². The van der Waals surface area contributed by atoms with Gasteiger partial charge in [-0.25, -0.2) is 8.42 Å². The van der Waals surface area contributed by atoms with E-state index in [1.165, 1.54) is 43.5 Å². The van der Waals surface area contributed by atoms with E-state index in [4.69, 9.17) is 16.3 Å². The minimum Gasteiger partial charge on any atom is -0.507 e. The van der Waals surface area contributed by atoms with E-state index in [1.54, 1.807) is 6.07 Å². The van der Waals surface area contributed by atoms with Crippen molar-refractivity contribution in [2.24, 2.45) is 0 Å². The number of sulfonamides is 1. The van der Waals surface area contributed by atoms with E-state index < -0.39 is 10.0 Å². The molecule has 0 aliphatic carbocycles. The third kappa shape index (κ3) is 2.97. The first-order chi connectivity index (χ1) is 9.44. The maximum absolute atomic E-state index is 12.2. The molecule has 5 nitrogen and oxygen atoms in total. The number of phenolic OH excluding ortho intramolecular Hbond substituents is 1. The average molecular weight is 314 g/mol. The van der Waals surface area contributed by atoms with Crippen LogP contribution < -0.4 is 9.46 Å². The molecule has 0 heterocycles. The molecular weight excluding hydrogens is 302 g/mol. The summed E-state index contributed by atoms with van der Waals surface area (Å²) in [4.78, 5) is -0.200. The van der Waals surface area contributed by atoms with Gasteiger partial charge in [0.15, 0.2) is 0 Å². The van der Waals surface area contributed by atoms with Crippen molar-refractivity contribution in [3.63, 3.8) is 0 Å². The van der Waals surface area contributed by atoms with Crippen molar-refractivity contribution in [1.29, 1.82) is 0 Å². The number of anilines is 1. The Bertz CT molecular complexity index is 731. The van der Waals surface area contributed by atoms with Crippen molar-refractivity contribution in [3.8, 4) is 11.5 Å². The highest BCUT2D eigenvalue weighted by Crippen LogP contribution is 2.29. The van der Waals surface area contributed by atoms with Crippen LogP contribution in [0.3, 0.4) is 0 Å². The summed E-state index contributed by atoms with van der Waals surface area (Å²) in [5, 5.41) is 9.98. The lowest BCUT2D eigenvalue weighted by Crippen LogP contribution is -2.13. The van der Waals surface area contributed by atoms with Crippen molar-refractivity contribution >= 4 is 27.3 Å². The van der Waals surface area contributed by atoms with Crippen molar-refractivity contribution in [2.75, 3.05) is 11.8 Å². The lowest BCUT2D eigenvalue weighted by Gasteiger charge is -2.11. The van der Waals surface area contributed by atoms with Gasteiger partial charge in [0.2, 0.25) is 0 Å². The van der Waals surface area contributed by atoms with Gasteiger partial charge in [0.05, 0.1) is 17.8 Å². The van der Waals surface area contributed by atoms with Crippen LogP contribution >= 0.6 is 11.6 Å². The molecule has 0 amide bonds. The maximum Gasteiger partial charge on any atom is 0.265 e. The number of phenols is 1. The first-order valence-corrected chi connectivity index (χ1v) is 7.44. The average Bonchev–Trinajstić information content (AvgIpc) is 2.41. The molecule has 0 saturated heterocycles. The summed E-state index contributed by atoms with van der Waals surface area (Å²) in [5.74, 6) is 0.0325. The molecule has 0 atom stereocenters. The monoisotopic (exact) mass is 313 g/mol. The van der Waals surface area contributed by atoms with Gasteiger partial charge in [-0.05, 0) is 24.3 Å². The van der Waals surface area contributed by atoms with E-state index in [9.17, 15) is 13.5 Å². The number of hydrogen-bond acceptors (Lipinski definition) is 4. The van der Waals surface area contributed by atoms with Crippen LogP contribution in [0.4, 0.5) is 5.69 Å². The Morgan fingerprint density at radius 3 is 2.55 bits per heavy atom. The second-order valence-electron chi connectivity index (χ2n) is 3.92. The zero-order chi connectivity index (χ0) is 14.8. The molecule has 20 heavy (non-hydrogen) atoms. The summed E-state index contributed by atoms with van der Waals surface area (Å²) >= 11 is 5.87. The molecule has 0 fully saturated rings. The van der Waals surface area contributed by atoms with Crippen LogP contribution in [0.2, 0.25) is 5.02 Å². The number of rotatable bonds is 4. The quantitative estimate of drug-likeness (QED) is 0.910. The molecule has 0 aromatic heterocycles. The van der Waals surface area contributed by atoms with Crippen LogP contribution in [0, 0.1) is 0 Å². The Morgan fingerprint density at radius 2 is 1.90 bits per heavy atom. The van der Waals surface area contributed by atoms with Crippen LogP contribution in [0.1, 0.15) is 0 Å². The van der Waals surface area contributed by atoms with Crippen LogP contribution in [-0.2, 0) is 10.0 Å². The molecule has 0 saturated carbocycles. The van der Waals surface area contributed by atoms with Gasteiger partial charge < -0.3 is 9.84 Å². The summed E-state index contributed by atoms with van der Waals surface area (Å²) in [5.41, 5.74) is 0.287. The Labute approximate surface area is 121 Å². The van der Waals surface area contributed by atoms with Gasteiger partial charge in [-0.1, -0.05) is 23.7 Å². The molecule has 2 aromatic carbocycles. The van der Waals surface area contributed by atoms with E-state index in [2.05, 4.69) is 4.72 Å². The fourth-order valence-electron chi connectivity index (χ4n) is 1.62. The number of ether oxygens (including phenoxy) is 1. The van der Waals surface area contributed by atoms with Crippen LogP contribution in [0.5, 0.6) is 11.5 Å². The minimum atomic E-state index is -3.88. The van der Waals surface area contributed by atoms with E-state index >= 15 is 0 Å². The summed E-state index contributed by atoms with van der Waals surface area (Å²) in [6, 6.07) is 10.2. The third-order valence-corrected chi connectivity index (χ3v) is 4.30. The Kier molecular flexibility index (Phi) is 4.06. The maximum atomic E-state index is 12.2. The lowest BCUT2D eigenvalue weighted by molar-refractivity contribution is 0.415. The number of halogens is 1. The molecule has 0 bridgehead atoms. The molecule has 106 valence electrons. The fourth-order valence-corrected chi connectivity index (χ4v) is 2.96. The summed E-state index contributed by atoms with van der Waals surface area (Å²) in [6.45, 7) is 0. The molecule has 0 radical (unpaired) electrons. The normalized spacial score (nSPS) is 11.1. The number of benzene rings is 2. The lowest BCUT2D eigenvalue weighted by atomic mass is 10.3. The second kappa shape index (κ2) is 5.60. The van der Waals surface area contributed by atoms with Crippen molar-refractivity contribution in [2.45, 2.75) is 4.90 Å². The van der Waals surface area contributed by atoms with Crippen LogP contribution in [-0.4, -0.2) is 20.6 Å². The third-order valence-electron chi connectivity index (χ3n) is 2.56. The van der Waals surface area contributed by atoms with Crippen molar-refractivity contribution in [1.82, 2.24) is 0 Å². The molecule has 0 aliphatic rings. The van der Waals surface area contributed by atoms with Gasteiger partial charge in [0.25, 0.3) is 10.0 Å². The highest BCUT2D eigenvalue weighted by molar-refractivity contribution is 7.92. The predicted octanol–water partition coefficient (Wildman–Crippen LogP) is 2.86. The summed E-state index contributed by atoms with van der Waals surface area (Å²) < 4.78 is 31.7. The number of para-hydroxylation sites is 1. The van der Waals surface area contributed by atoms with E-state index in [0.717, 1.165) is 0 Å². The van der Waals surface area contributed by atoms with E-state index in [-0.39, 0.29) is 16.3 Å². The second-order valence-corrected chi connectivity index (χ2v) is 5.98. The number of aromatic hydroxyl groups is 1. The molecular formula is C13H12ClNO4S. The molecule has 7 heteroatoms. The highest BCUT2D eigenvalue weighted by atomic mass is 35.5. The Hall–Kier alpha value is -1.92. The van der Waals surface area contributed by atoms with Gasteiger partial charge in [-0.3, -0.25) is 4.72 Å². The van der Waals surface area contributed by atoms with Gasteiger partial charge in [-0.2, -0.15) is 0 Å². The van der Waals surface area contributed by atoms with Crippen LogP contribution in [0.25, 0.3) is 0 Å². The van der Waals surface area contributed by atoms with E-state index in [1.807, 2.05) is 0 Å². The molecule has 2 aromatic rings. The largest absolute Gasteiger partial charge is 0.507 e. The SMILES string of the molecule is COc1cc(NS(=O)(=O)c2ccccc2O)ccc1Cl. The molecule has 0 unspecified atom stereocenters. The first kappa shape index (κ1) is 14.5. The van der Waals surface area contributed by atoms with E-state index in [0.29, 0.717) is 10.8 Å². The van der Waals surface area contributed by atoms with Crippen LogP contribution in [0.15, 0.2) is 47.4 Å². The Morgan fingerprint density at radius 1 is 1.20 bits per heavy atom. The Balaban J connectivity index is 2.36. The van der Waals surface area contributed by atoms with Crippen molar-refractivity contribution in [3.05, 3.63) is 47.5 Å². The zero-order valence-electron chi connectivity index (χ0n) is 10.5. The number of methoxy groups -OCH3 is 1. The van der Waals surface area contributed by atoms with Gasteiger partial charge in [0, 0.05) is 6.07 Å². The standard InChI is InChI=1S/C13H12ClNO4S/c1-19-12-8-9(6-7-10(12)14)15-20(17,18)13-5-3-2-4-11(13)16/h2-8,15-16H,1H3. The van der Waals surface area contributed by atoms with Gasteiger partial charge in [-0.15, -0.1) is 0 Å². The molecule has 0 aliphatic heterocycles. The summed E-state index contributed by atoms with van der Waals surface area (Å²) in [6.07, 6.45) is 0.